The summed E-state index contributed by atoms with van der Waals surface area (Å²) in [5.74, 6) is -1.81. The number of benzene rings is 2. The minimum absolute atomic E-state index is 0.0162. The van der Waals surface area contributed by atoms with Gasteiger partial charge in [0.2, 0.25) is 5.91 Å². The zero-order valence-electron chi connectivity index (χ0n) is 12.1. The highest BCUT2D eigenvalue weighted by molar-refractivity contribution is 5.92. The molecule has 2 N–H and O–H groups in total. The topological polar surface area (TPSA) is 41.1 Å². The van der Waals surface area contributed by atoms with Gasteiger partial charge < -0.3 is 10.6 Å². The van der Waals surface area contributed by atoms with E-state index in [4.69, 9.17) is 0 Å². The molecule has 2 aromatic rings. The lowest BCUT2D eigenvalue weighted by Gasteiger charge is -2.08. The number of nitrogens with one attached hydrogen (secondary N) is 2. The number of rotatable bonds is 7. The largest absolute Gasteiger partial charge is 0.322 e. The molecule has 0 aromatic heterocycles. The van der Waals surface area contributed by atoms with Gasteiger partial charge in [-0.15, -0.1) is 0 Å². The van der Waals surface area contributed by atoms with Crippen molar-refractivity contribution in [2.45, 2.75) is 12.8 Å². The molecule has 0 aliphatic heterocycles. The summed E-state index contributed by atoms with van der Waals surface area (Å²) < 4.78 is 26.1. The van der Waals surface area contributed by atoms with Crippen LogP contribution in [0.4, 0.5) is 14.5 Å². The Kier molecular flexibility index (Phi) is 6.03. The molecule has 1 amide bonds. The molecule has 0 unspecified atom stereocenters. The van der Waals surface area contributed by atoms with Crippen molar-refractivity contribution in [3.8, 4) is 0 Å². The second kappa shape index (κ2) is 8.24. The Hall–Kier alpha value is -2.27. The molecule has 0 atom stereocenters. The first-order valence-corrected chi connectivity index (χ1v) is 7.15. The van der Waals surface area contributed by atoms with Gasteiger partial charge in [0.15, 0.2) is 0 Å². The summed E-state index contributed by atoms with van der Waals surface area (Å²) in [4.78, 5) is 11.6. The minimum Gasteiger partial charge on any atom is -0.322 e. The van der Waals surface area contributed by atoms with Crippen LogP contribution in [0.5, 0.6) is 0 Å². The van der Waals surface area contributed by atoms with Crippen LogP contribution in [0.1, 0.15) is 12.0 Å². The molecule has 0 aliphatic carbocycles. The van der Waals surface area contributed by atoms with E-state index in [2.05, 4.69) is 22.8 Å². The van der Waals surface area contributed by atoms with Crippen LogP contribution in [0.15, 0.2) is 48.5 Å². The maximum absolute atomic E-state index is 13.4. The van der Waals surface area contributed by atoms with Crippen LogP contribution in [-0.4, -0.2) is 19.0 Å². The average Bonchev–Trinajstić information content (AvgIpc) is 2.51. The molecule has 0 aliphatic rings. The Morgan fingerprint density at radius 2 is 1.82 bits per heavy atom. The van der Waals surface area contributed by atoms with Crippen molar-refractivity contribution in [3.63, 3.8) is 0 Å². The van der Waals surface area contributed by atoms with E-state index in [0.717, 1.165) is 25.0 Å². The predicted molar refractivity (Wildman–Crippen MR) is 82.6 cm³/mol. The molecule has 22 heavy (non-hydrogen) atoms. The van der Waals surface area contributed by atoms with Crippen LogP contribution >= 0.6 is 0 Å². The van der Waals surface area contributed by atoms with Crippen molar-refractivity contribution in [3.05, 3.63) is 65.7 Å². The predicted octanol–water partition coefficient (Wildman–Crippen LogP) is 3.13. The summed E-state index contributed by atoms with van der Waals surface area (Å²) in [5, 5.41) is 5.40. The Morgan fingerprint density at radius 1 is 1.05 bits per heavy atom. The van der Waals surface area contributed by atoms with E-state index in [0.29, 0.717) is 6.54 Å². The first-order valence-electron chi connectivity index (χ1n) is 7.15. The molecule has 0 saturated heterocycles. The minimum atomic E-state index is -0.780. The van der Waals surface area contributed by atoms with Gasteiger partial charge in [-0.3, -0.25) is 4.79 Å². The maximum Gasteiger partial charge on any atom is 0.238 e. The van der Waals surface area contributed by atoms with Gasteiger partial charge in [-0.25, -0.2) is 8.78 Å². The number of carbonyl (C=O) groups excluding carboxylic acids is 1. The van der Waals surface area contributed by atoms with E-state index in [9.17, 15) is 13.6 Å². The molecule has 0 fully saturated rings. The molecular formula is C17H18F2N2O. The van der Waals surface area contributed by atoms with Crippen molar-refractivity contribution in [2.24, 2.45) is 0 Å². The van der Waals surface area contributed by atoms with E-state index >= 15 is 0 Å². The van der Waals surface area contributed by atoms with Gasteiger partial charge in [-0.05, 0) is 37.1 Å². The first-order chi connectivity index (χ1) is 10.6. The van der Waals surface area contributed by atoms with E-state index in [-0.39, 0.29) is 18.1 Å². The standard InChI is InChI=1S/C17H18F2N2O/c18-14-8-9-16(15(19)11-14)21-17(22)12-20-10-4-7-13-5-2-1-3-6-13/h1-3,5-6,8-9,11,20H,4,7,10,12H2,(H,21,22). The van der Waals surface area contributed by atoms with E-state index in [1.54, 1.807) is 0 Å². The number of carbonyl (C=O) groups is 1. The fraction of sp³-hybridized carbons (Fsp3) is 0.235. The normalized spacial score (nSPS) is 10.5. The van der Waals surface area contributed by atoms with Crippen molar-refractivity contribution >= 4 is 11.6 Å². The molecule has 3 nitrogen and oxygen atoms in total. The molecular weight excluding hydrogens is 286 g/mol. The van der Waals surface area contributed by atoms with Crippen LogP contribution in [0, 0.1) is 11.6 Å². The monoisotopic (exact) mass is 304 g/mol. The second-order valence-corrected chi connectivity index (χ2v) is 4.94. The summed E-state index contributed by atoms with van der Waals surface area (Å²) in [6.45, 7) is 0.778. The van der Waals surface area contributed by atoms with Crippen molar-refractivity contribution in [1.29, 1.82) is 0 Å². The zero-order chi connectivity index (χ0) is 15.8. The SMILES string of the molecule is O=C(CNCCCc1ccccc1)Nc1ccc(F)cc1F. The van der Waals surface area contributed by atoms with Crippen LogP contribution in [0.25, 0.3) is 0 Å². The number of halogens is 2. The van der Waals surface area contributed by atoms with Gasteiger partial charge in [-0.1, -0.05) is 30.3 Å². The van der Waals surface area contributed by atoms with E-state index in [1.165, 1.54) is 11.6 Å². The summed E-state index contributed by atoms with van der Waals surface area (Å²) in [6, 6.07) is 13.1. The molecule has 2 aromatic carbocycles. The van der Waals surface area contributed by atoms with Crippen molar-refractivity contribution < 1.29 is 13.6 Å². The van der Waals surface area contributed by atoms with E-state index in [1.807, 2.05) is 18.2 Å². The second-order valence-electron chi connectivity index (χ2n) is 4.94. The number of amides is 1. The lowest BCUT2D eigenvalue weighted by atomic mass is 10.1. The van der Waals surface area contributed by atoms with Gasteiger partial charge >= 0.3 is 0 Å². The van der Waals surface area contributed by atoms with Crippen LogP contribution in [-0.2, 0) is 11.2 Å². The first kappa shape index (κ1) is 16.1. The highest BCUT2D eigenvalue weighted by atomic mass is 19.1. The third kappa shape index (κ3) is 5.26. The molecule has 0 radical (unpaired) electrons. The van der Waals surface area contributed by atoms with Gasteiger partial charge in [0.1, 0.15) is 11.6 Å². The Balaban J connectivity index is 1.65. The van der Waals surface area contributed by atoms with Gasteiger partial charge in [-0.2, -0.15) is 0 Å². The number of aryl methyl sites for hydroxylation is 1. The molecule has 0 bridgehead atoms. The van der Waals surface area contributed by atoms with Gasteiger partial charge in [0.05, 0.1) is 12.2 Å². The number of hydrogen-bond acceptors (Lipinski definition) is 2. The fourth-order valence-electron chi connectivity index (χ4n) is 2.05. The third-order valence-electron chi connectivity index (χ3n) is 3.15. The molecule has 2 rings (SSSR count). The van der Waals surface area contributed by atoms with Crippen LogP contribution in [0.2, 0.25) is 0 Å². The van der Waals surface area contributed by atoms with Gasteiger partial charge in [0.25, 0.3) is 0 Å². The molecule has 0 spiro atoms. The number of anilines is 1. The molecule has 5 heteroatoms. The Morgan fingerprint density at radius 3 is 2.55 bits per heavy atom. The molecule has 116 valence electrons. The number of hydrogen-bond donors (Lipinski definition) is 2. The highest BCUT2D eigenvalue weighted by Crippen LogP contribution is 2.14. The fourth-order valence-corrected chi connectivity index (χ4v) is 2.05. The van der Waals surface area contributed by atoms with Crippen molar-refractivity contribution in [2.75, 3.05) is 18.4 Å². The average molecular weight is 304 g/mol. The quantitative estimate of drug-likeness (QED) is 0.772. The van der Waals surface area contributed by atoms with E-state index < -0.39 is 11.6 Å². The highest BCUT2D eigenvalue weighted by Gasteiger charge is 2.07. The summed E-state index contributed by atoms with van der Waals surface area (Å²) in [7, 11) is 0. The molecule has 0 saturated carbocycles. The van der Waals surface area contributed by atoms with Crippen molar-refractivity contribution in [1.82, 2.24) is 5.32 Å². The summed E-state index contributed by atoms with van der Waals surface area (Å²) >= 11 is 0. The zero-order valence-corrected chi connectivity index (χ0v) is 12.1. The lowest BCUT2D eigenvalue weighted by Crippen LogP contribution is -2.29. The Bertz CT molecular complexity index is 617. The maximum atomic E-state index is 13.4. The summed E-state index contributed by atoms with van der Waals surface area (Å²) in [5.41, 5.74) is 1.24. The smallest absolute Gasteiger partial charge is 0.238 e. The Labute approximate surface area is 128 Å². The molecule has 0 heterocycles. The summed E-state index contributed by atoms with van der Waals surface area (Å²) in [6.07, 6.45) is 1.84. The van der Waals surface area contributed by atoms with Crippen LogP contribution in [0.3, 0.4) is 0 Å². The van der Waals surface area contributed by atoms with Gasteiger partial charge in [0, 0.05) is 6.07 Å². The van der Waals surface area contributed by atoms with Crippen LogP contribution < -0.4 is 10.6 Å². The lowest BCUT2D eigenvalue weighted by molar-refractivity contribution is -0.115. The third-order valence-corrected chi connectivity index (χ3v) is 3.15.